The molecule has 2 aromatic heterocycles. The van der Waals surface area contributed by atoms with Gasteiger partial charge in [0.05, 0.1) is 23.4 Å². The van der Waals surface area contributed by atoms with Gasteiger partial charge in [0, 0.05) is 21.2 Å². The van der Waals surface area contributed by atoms with Gasteiger partial charge in [0.2, 0.25) is 5.91 Å². The summed E-state index contributed by atoms with van der Waals surface area (Å²) in [5, 5.41) is 4.17. The fourth-order valence-electron chi connectivity index (χ4n) is 3.85. The van der Waals surface area contributed by atoms with Crippen molar-refractivity contribution in [3.05, 3.63) is 63.4 Å². The molecule has 1 aliphatic heterocycles. The second-order valence-electron chi connectivity index (χ2n) is 7.33. The number of aromatic nitrogens is 1. The van der Waals surface area contributed by atoms with Crippen LogP contribution in [0.2, 0.25) is 0 Å². The molecule has 3 heterocycles. The lowest BCUT2D eigenvalue weighted by Crippen LogP contribution is -2.17. The maximum atomic E-state index is 11.8. The maximum absolute atomic E-state index is 11.8. The molecule has 0 bridgehead atoms. The number of rotatable bonds is 4. The highest BCUT2D eigenvalue weighted by molar-refractivity contribution is 7.16. The lowest BCUT2D eigenvalue weighted by Gasteiger charge is -2.18. The first-order chi connectivity index (χ1) is 13.4. The van der Waals surface area contributed by atoms with E-state index in [1.165, 1.54) is 16.0 Å². The number of hydrogen-bond donors (Lipinski definition) is 1. The standard InChI is InChI=1S/C22H23N3O2S/c1-11-14(4)28-22-18(11)20(12(2)15-8-6-5-7-9-15)24-16(10-17(23)26)21-19(22)13(3)25-27-21/h5-9,12,16H,10H2,1-4H3,(H2,23,26)/t12?,16-/m0/s1. The highest BCUT2D eigenvalue weighted by Crippen LogP contribution is 2.47. The van der Waals surface area contributed by atoms with Gasteiger partial charge in [0.25, 0.3) is 0 Å². The molecule has 2 atom stereocenters. The van der Waals surface area contributed by atoms with E-state index in [9.17, 15) is 4.79 Å². The summed E-state index contributed by atoms with van der Waals surface area (Å²) in [7, 11) is 0. The van der Waals surface area contributed by atoms with Crippen LogP contribution in [0.1, 0.15) is 58.3 Å². The van der Waals surface area contributed by atoms with Crippen molar-refractivity contribution in [3.8, 4) is 10.4 Å². The lowest BCUT2D eigenvalue weighted by atomic mass is 9.89. The van der Waals surface area contributed by atoms with E-state index in [2.05, 4.69) is 38.1 Å². The number of primary amides is 1. The van der Waals surface area contributed by atoms with Crippen molar-refractivity contribution in [2.45, 2.75) is 46.1 Å². The molecule has 0 saturated heterocycles. The van der Waals surface area contributed by atoms with Crippen molar-refractivity contribution in [2.24, 2.45) is 10.7 Å². The molecular weight excluding hydrogens is 370 g/mol. The number of aryl methyl sites for hydroxylation is 2. The number of benzene rings is 1. The van der Waals surface area contributed by atoms with E-state index >= 15 is 0 Å². The molecular formula is C22H23N3O2S. The summed E-state index contributed by atoms with van der Waals surface area (Å²) in [4.78, 5) is 19.2. The van der Waals surface area contributed by atoms with Crippen molar-refractivity contribution in [3.63, 3.8) is 0 Å². The van der Waals surface area contributed by atoms with Crippen molar-refractivity contribution in [2.75, 3.05) is 0 Å². The van der Waals surface area contributed by atoms with Crippen LogP contribution >= 0.6 is 11.3 Å². The van der Waals surface area contributed by atoms with Crippen LogP contribution in [0.5, 0.6) is 0 Å². The molecule has 0 radical (unpaired) electrons. The van der Waals surface area contributed by atoms with E-state index in [0.29, 0.717) is 5.76 Å². The van der Waals surface area contributed by atoms with Crippen molar-refractivity contribution < 1.29 is 9.32 Å². The summed E-state index contributed by atoms with van der Waals surface area (Å²) < 4.78 is 5.66. The quantitative estimate of drug-likeness (QED) is 0.688. The number of aliphatic imine (C=N–C) groups is 1. The van der Waals surface area contributed by atoms with Gasteiger partial charge in [-0.15, -0.1) is 11.3 Å². The summed E-state index contributed by atoms with van der Waals surface area (Å²) in [6.45, 7) is 8.35. The first-order valence-corrected chi connectivity index (χ1v) is 10.2. The molecule has 28 heavy (non-hydrogen) atoms. The summed E-state index contributed by atoms with van der Waals surface area (Å²) >= 11 is 1.73. The van der Waals surface area contributed by atoms with Crippen LogP contribution in [0.25, 0.3) is 10.4 Å². The lowest BCUT2D eigenvalue weighted by molar-refractivity contribution is -0.118. The van der Waals surface area contributed by atoms with Gasteiger partial charge in [-0.25, -0.2) is 0 Å². The number of hydrogen-bond acceptors (Lipinski definition) is 5. The highest BCUT2D eigenvalue weighted by Gasteiger charge is 2.35. The Morgan fingerprint density at radius 2 is 1.93 bits per heavy atom. The second-order valence-corrected chi connectivity index (χ2v) is 8.55. The molecule has 0 fully saturated rings. The molecule has 3 aromatic rings. The topological polar surface area (TPSA) is 81.5 Å². The summed E-state index contributed by atoms with van der Waals surface area (Å²) in [5.41, 5.74) is 11.8. The molecule has 144 valence electrons. The molecule has 2 N–H and O–H groups in total. The molecule has 1 aliphatic rings. The van der Waals surface area contributed by atoms with Gasteiger partial charge in [-0.1, -0.05) is 42.4 Å². The molecule has 0 spiro atoms. The largest absolute Gasteiger partial charge is 0.370 e. The molecule has 1 unspecified atom stereocenters. The van der Waals surface area contributed by atoms with Crippen molar-refractivity contribution in [1.29, 1.82) is 0 Å². The number of nitrogens with two attached hydrogens (primary N) is 1. The molecule has 4 rings (SSSR count). The number of carbonyl (C=O) groups excluding carboxylic acids is 1. The summed E-state index contributed by atoms with van der Waals surface area (Å²) in [5.74, 6) is 0.299. The number of nitrogens with zero attached hydrogens (tertiary/aromatic N) is 2. The Morgan fingerprint density at radius 1 is 1.21 bits per heavy atom. The number of fused-ring (bicyclic) bond motifs is 3. The zero-order valence-electron chi connectivity index (χ0n) is 16.4. The third kappa shape index (κ3) is 2.98. The normalized spacial score (nSPS) is 16.7. The van der Waals surface area contributed by atoms with Crippen molar-refractivity contribution >= 4 is 23.0 Å². The van der Waals surface area contributed by atoms with Crippen LogP contribution in [0.4, 0.5) is 0 Å². The van der Waals surface area contributed by atoms with E-state index in [0.717, 1.165) is 27.4 Å². The summed E-state index contributed by atoms with van der Waals surface area (Å²) in [6, 6.07) is 9.84. The zero-order valence-corrected chi connectivity index (χ0v) is 17.3. The Kier molecular flexibility index (Phi) is 4.67. The molecule has 0 saturated carbocycles. The molecule has 0 aliphatic carbocycles. The van der Waals surface area contributed by atoms with E-state index in [4.69, 9.17) is 15.2 Å². The molecule has 1 amide bonds. The molecule has 1 aromatic carbocycles. The van der Waals surface area contributed by atoms with Crippen molar-refractivity contribution in [1.82, 2.24) is 5.16 Å². The predicted octanol–water partition coefficient (Wildman–Crippen LogP) is 4.85. The fraction of sp³-hybridized carbons (Fsp3) is 0.318. The van der Waals surface area contributed by atoms with E-state index in [-0.39, 0.29) is 12.3 Å². The Morgan fingerprint density at radius 3 is 2.61 bits per heavy atom. The zero-order chi connectivity index (χ0) is 20.0. The van der Waals surface area contributed by atoms with Gasteiger partial charge in [0.1, 0.15) is 6.04 Å². The minimum atomic E-state index is -0.464. The monoisotopic (exact) mass is 393 g/mol. The minimum absolute atomic E-state index is 0.0697. The number of carbonyl (C=O) groups is 1. The third-order valence-electron chi connectivity index (χ3n) is 5.46. The third-order valence-corrected chi connectivity index (χ3v) is 6.68. The van der Waals surface area contributed by atoms with Gasteiger partial charge >= 0.3 is 0 Å². The smallest absolute Gasteiger partial charge is 0.220 e. The average Bonchev–Trinajstić information content (AvgIpc) is 3.14. The molecule has 6 heteroatoms. The predicted molar refractivity (Wildman–Crippen MR) is 112 cm³/mol. The first-order valence-electron chi connectivity index (χ1n) is 9.36. The van der Waals surface area contributed by atoms with Crippen LogP contribution in [0.3, 0.4) is 0 Å². The highest BCUT2D eigenvalue weighted by atomic mass is 32.1. The van der Waals surface area contributed by atoms with Gasteiger partial charge in [-0.3, -0.25) is 9.79 Å². The van der Waals surface area contributed by atoms with Gasteiger partial charge < -0.3 is 10.3 Å². The van der Waals surface area contributed by atoms with Crippen LogP contribution in [-0.2, 0) is 4.79 Å². The van der Waals surface area contributed by atoms with Gasteiger partial charge in [-0.05, 0) is 31.9 Å². The van der Waals surface area contributed by atoms with Gasteiger partial charge in [0.15, 0.2) is 5.76 Å². The Balaban J connectivity index is 1.99. The number of amides is 1. The Labute approximate surface area is 168 Å². The van der Waals surface area contributed by atoms with Crippen LogP contribution in [-0.4, -0.2) is 16.8 Å². The Bertz CT molecular complexity index is 1080. The first kappa shape index (κ1) is 18.6. The van der Waals surface area contributed by atoms with Crippen LogP contribution < -0.4 is 5.73 Å². The Hall–Kier alpha value is -2.73. The van der Waals surface area contributed by atoms with Crippen LogP contribution in [0.15, 0.2) is 39.8 Å². The average molecular weight is 394 g/mol. The SMILES string of the molecule is Cc1noc2c1-c1sc(C)c(C)c1C(C(C)c1ccccc1)=N[C@H]2CC(N)=O. The molecule has 5 nitrogen and oxygen atoms in total. The van der Waals surface area contributed by atoms with Crippen LogP contribution in [0, 0.1) is 20.8 Å². The maximum Gasteiger partial charge on any atom is 0.220 e. The summed E-state index contributed by atoms with van der Waals surface area (Å²) in [6.07, 6.45) is 0.0968. The second kappa shape index (κ2) is 7.02. The van der Waals surface area contributed by atoms with E-state index < -0.39 is 11.9 Å². The van der Waals surface area contributed by atoms with Gasteiger partial charge in [-0.2, -0.15) is 0 Å². The van der Waals surface area contributed by atoms with E-state index in [1.807, 2.05) is 25.1 Å². The van der Waals surface area contributed by atoms with E-state index in [1.54, 1.807) is 11.3 Å². The number of thiophene rings is 1. The minimum Gasteiger partial charge on any atom is -0.370 e. The fourth-order valence-corrected chi connectivity index (χ4v) is 5.12.